The maximum absolute atomic E-state index is 5.60. The summed E-state index contributed by atoms with van der Waals surface area (Å²) >= 11 is 1.77. The van der Waals surface area contributed by atoms with Gasteiger partial charge in [-0.3, -0.25) is 4.90 Å². The molecule has 3 aromatic rings. The Hall–Kier alpha value is -2.11. The van der Waals surface area contributed by atoms with Gasteiger partial charge in [0.25, 0.3) is 0 Å². The Morgan fingerprint density at radius 3 is 2.62 bits per heavy atom. The number of hydrogen-bond donors (Lipinski definition) is 0. The zero-order valence-electron chi connectivity index (χ0n) is 15.2. The lowest BCUT2D eigenvalue weighted by atomic mass is 10.1. The van der Waals surface area contributed by atoms with Crippen molar-refractivity contribution in [3.8, 4) is 5.75 Å². The molecule has 1 aromatic heterocycles. The second kappa shape index (κ2) is 8.06. The van der Waals surface area contributed by atoms with Crippen LogP contribution in [0.5, 0.6) is 5.75 Å². The minimum absolute atomic E-state index is 0.697. The highest BCUT2D eigenvalue weighted by Crippen LogP contribution is 2.31. The van der Waals surface area contributed by atoms with Gasteiger partial charge in [-0.05, 0) is 37.1 Å². The molecule has 0 bridgehead atoms. The summed E-state index contributed by atoms with van der Waals surface area (Å²) in [6, 6.07) is 16.9. The maximum Gasteiger partial charge on any atom is 0.186 e. The molecule has 1 aliphatic heterocycles. The Bertz CT molecular complexity index is 841. The minimum atomic E-state index is 0.697. The lowest BCUT2D eigenvalue weighted by Crippen LogP contribution is -2.46. The van der Waals surface area contributed by atoms with E-state index in [0.29, 0.717) is 6.61 Å². The first-order valence-electron chi connectivity index (χ1n) is 9.36. The molecule has 2 aromatic carbocycles. The molecule has 136 valence electrons. The van der Waals surface area contributed by atoms with E-state index in [1.807, 2.05) is 13.0 Å². The van der Waals surface area contributed by atoms with Crippen LogP contribution in [0, 0.1) is 0 Å². The number of benzene rings is 2. The van der Waals surface area contributed by atoms with Crippen LogP contribution in [0.3, 0.4) is 0 Å². The van der Waals surface area contributed by atoms with Crippen molar-refractivity contribution in [3.05, 3.63) is 54.1 Å². The van der Waals surface area contributed by atoms with Gasteiger partial charge in [0.2, 0.25) is 0 Å². The molecule has 0 amide bonds. The number of fused-ring (bicyclic) bond motifs is 1. The van der Waals surface area contributed by atoms with E-state index in [-0.39, 0.29) is 0 Å². The van der Waals surface area contributed by atoms with Crippen LogP contribution >= 0.6 is 11.3 Å². The van der Waals surface area contributed by atoms with Crippen LogP contribution in [-0.4, -0.2) is 49.2 Å². The number of anilines is 1. The fourth-order valence-corrected chi connectivity index (χ4v) is 4.42. The molecule has 0 spiro atoms. The summed E-state index contributed by atoms with van der Waals surface area (Å²) < 4.78 is 6.81. The molecule has 4 rings (SSSR count). The Kier molecular flexibility index (Phi) is 5.37. The van der Waals surface area contributed by atoms with Crippen molar-refractivity contribution < 1.29 is 4.74 Å². The SMILES string of the molecule is CCOc1ccc2nc(N3CCN(CCc4ccccc4)CC3)sc2c1. The number of thiazole rings is 1. The Morgan fingerprint density at radius 1 is 1.04 bits per heavy atom. The molecule has 2 heterocycles. The van der Waals surface area contributed by atoms with Crippen molar-refractivity contribution >= 4 is 26.7 Å². The number of hydrogen-bond acceptors (Lipinski definition) is 5. The molecule has 0 radical (unpaired) electrons. The van der Waals surface area contributed by atoms with Crippen LogP contribution in [0.1, 0.15) is 12.5 Å². The molecular formula is C21H25N3OS. The molecule has 0 saturated carbocycles. The highest BCUT2D eigenvalue weighted by molar-refractivity contribution is 7.22. The number of rotatable bonds is 6. The van der Waals surface area contributed by atoms with Crippen molar-refractivity contribution in [1.82, 2.24) is 9.88 Å². The van der Waals surface area contributed by atoms with E-state index in [9.17, 15) is 0 Å². The summed E-state index contributed by atoms with van der Waals surface area (Å²) in [5.41, 5.74) is 2.49. The van der Waals surface area contributed by atoms with Crippen LogP contribution in [0.2, 0.25) is 0 Å². The molecule has 1 saturated heterocycles. The average Bonchev–Trinajstić information content (AvgIpc) is 3.11. The van der Waals surface area contributed by atoms with E-state index in [1.54, 1.807) is 11.3 Å². The summed E-state index contributed by atoms with van der Waals surface area (Å²) in [4.78, 5) is 9.81. The molecule has 0 unspecified atom stereocenters. The number of aromatic nitrogens is 1. The van der Waals surface area contributed by atoms with Gasteiger partial charge < -0.3 is 9.64 Å². The number of nitrogens with zero attached hydrogens (tertiary/aromatic N) is 3. The van der Waals surface area contributed by atoms with E-state index >= 15 is 0 Å². The van der Waals surface area contributed by atoms with Crippen LogP contribution in [0.15, 0.2) is 48.5 Å². The van der Waals surface area contributed by atoms with E-state index in [1.165, 1.54) is 10.3 Å². The topological polar surface area (TPSA) is 28.6 Å². The standard InChI is InChI=1S/C21H25N3OS/c1-2-25-18-8-9-19-20(16-18)26-21(22-19)24-14-12-23(13-15-24)11-10-17-6-4-3-5-7-17/h3-9,16H,2,10-15H2,1H3. The van der Waals surface area contributed by atoms with E-state index in [0.717, 1.165) is 55.5 Å². The predicted octanol–water partition coefficient (Wildman–Crippen LogP) is 4.06. The highest BCUT2D eigenvalue weighted by atomic mass is 32.1. The first-order chi connectivity index (χ1) is 12.8. The van der Waals surface area contributed by atoms with Crippen molar-refractivity contribution in [2.75, 3.05) is 44.2 Å². The fraction of sp³-hybridized carbons (Fsp3) is 0.381. The third-order valence-corrected chi connectivity index (χ3v) is 5.94. The Balaban J connectivity index is 1.34. The first kappa shape index (κ1) is 17.3. The third-order valence-electron chi connectivity index (χ3n) is 4.86. The molecule has 0 atom stereocenters. The van der Waals surface area contributed by atoms with Crippen LogP contribution in [0.4, 0.5) is 5.13 Å². The summed E-state index contributed by atoms with van der Waals surface area (Å²) in [6.45, 7) is 8.15. The molecule has 0 N–H and O–H groups in total. The van der Waals surface area contributed by atoms with Gasteiger partial charge >= 0.3 is 0 Å². The Labute approximate surface area is 159 Å². The summed E-state index contributed by atoms with van der Waals surface area (Å²) in [5, 5.41) is 1.14. The Morgan fingerprint density at radius 2 is 1.85 bits per heavy atom. The molecule has 5 heteroatoms. The smallest absolute Gasteiger partial charge is 0.186 e. The zero-order valence-corrected chi connectivity index (χ0v) is 16.0. The van der Waals surface area contributed by atoms with Crippen molar-refractivity contribution in [1.29, 1.82) is 0 Å². The van der Waals surface area contributed by atoms with Crippen molar-refractivity contribution in [3.63, 3.8) is 0 Å². The average molecular weight is 368 g/mol. The van der Waals surface area contributed by atoms with Gasteiger partial charge in [-0.15, -0.1) is 0 Å². The van der Waals surface area contributed by atoms with Crippen LogP contribution in [-0.2, 0) is 6.42 Å². The van der Waals surface area contributed by atoms with E-state index in [2.05, 4.69) is 52.3 Å². The minimum Gasteiger partial charge on any atom is -0.494 e. The molecule has 0 aliphatic carbocycles. The van der Waals surface area contributed by atoms with Gasteiger partial charge in [-0.25, -0.2) is 4.98 Å². The van der Waals surface area contributed by atoms with Gasteiger partial charge in [0, 0.05) is 32.7 Å². The second-order valence-electron chi connectivity index (χ2n) is 6.62. The maximum atomic E-state index is 5.60. The van der Waals surface area contributed by atoms with Crippen molar-refractivity contribution in [2.45, 2.75) is 13.3 Å². The van der Waals surface area contributed by atoms with E-state index < -0.39 is 0 Å². The second-order valence-corrected chi connectivity index (χ2v) is 7.63. The van der Waals surface area contributed by atoms with Crippen LogP contribution < -0.4 is 9.64 Å². The quantitative estimate of drug-likeness (QED) is 0.657. The molecule has 4 nitrogen and oxygen atoms in total. The zero-order chi connectivity index (χ0) is 17.8. The fourth-order valence-electron chi connectivity index (χ4n) is 3.38. The van der Waals surface area contributed by atoms with Gasteiger partial charge in [-0.1, -0.05) is 41.7 Å². The highest BCUT2D eigenvalue weighted by Gasteiger charge is 2.19. The summed E-state index contributed by atoms with van der Waals surface area (Å²) in [5.74, 6) is 0.931. The molecule has 26 heavy (non-hydrogen) atoms. The number of ether oxygens (including phenoxy) is 1. The monoisotopic (exact) mass is 367 g/mol. The molecule has 1 fully saturated rings. The predicted molar refractivity (Wildman–Crippen MR) is 110 cm³/mol. The third kappa shape index (κ3) is 4.00. The van der Waals surface area contributed by atoms with Gasteiger partial charge in [0.05, 0.1) is 16.8 Å². The largest absolute Gasteiger partial charge is 0.494 e. The first-order valence-corrected chi connectivity index (χ1v) is 10.2. The van der Waals surface area contributed by atoms with Crippen molar-refractivity contribution in [2.24, 2.45) is 0 Å². The van der Waals surface area contributed by atoms with Crippen LogP contribution in [0.25, 0.3) is 10.2 Å². The number of piperazine rings is 1. The van der Waals surface area contributed by atoms with E-state index in [4.69, 9.17) is 9.72 Å². The van der Waals surface area contributed by atoms with Gasteiger partial charge in [0.15, 0.2) is 5.13 Å². The lowest BCUT2D eigenvalue weighted by molar-refractivity contribution is 0.261. The van der Waals surface area contributed by atoms with Gasteiger partial charge in [0.1, 0.15) is 5.75 Å². The molecular weight excluding hydrogens is 342 g/mol. The summed E-state index contributed by atoms with van der Waals surface area (Å²) in [6.07, 6.45) is 1.13. The molecule has 1 aliphatic rings. The summed E-state index contributed by atoms with van der Waals surface area (Å²) in [7, 11) is 0. The van der Waals surface area contributed by atoms with Gasteiger partial charge in [-0.2, -0.15) is 0 Å². The normalized spacial score (nSPS) is 15.5. The lowest BCUT2D eigenvalue weighted by Gasteiger charge is -2.34.